The van der Waals surface area contributed by atoms with Gasteiger partial charge in [-0.25, -0.2) is 5.84 Å². The van der Waals surface area contributed by atoms with Gasteiger partial charge in [0.05, 0.1) is 12.0 Å². The Balaban J connectivity index is 0. The average molecular weight is 239 g/mol. The van der Waals surface area contributed by atoms with Gasteiger partial charge in [0.2, 0.25) is 5.91 Å². The number of ketones is 1. The third kappa shape index (κ3) is 5.11. The van der Waals surface area contributed by atoms with Crippen LogP contribution in [0.15, 0.2) is 0 Å². The molecular weight excluding hydrogens is 218 g/mol. The largest absolute Gasteiger partial charge is 0.311 e. The highest BCUT2D eigenvalue weighted by molar-refractivity contribution is 6.03. The van der Waals surface area contributed by atoms with E-state index in [4.69, 9.17) is 7.21 Å². The van der Waals surface area contributed by atoms with Crippen molar-refractivity contribution in [3.05, 3.63) is 0 Å². The third-order valence-electron chi connectivity index (χ3n) is 2.11. The van der Waals surface area contributed by atoms with E-state index in [2.05, 4.69) is 5.32 Å². The van der Waals surface area contributed by atoms with Crippen molar-refractivity contribution in [3.63, 3.8) is 0 Å². The molecule has 0 saturated heterocycles. The molecular formula is C9H20ClN3O2. The van der Waals surface area contributed by atoms with E-state index >= 15 is 0 Å². The van der Waals surface area contributed by atoms with Crippen LogP contribution in [0.4, 0.5) is 0 Å². The molecule has 4 N–H and O–H groups in total. The molecule has 0 saturated carbocycles. The second-order valence-corrected chi connectivity index (χ2v) is 3.18. The van der Waals surface area contributed by atoms with Crippen molar-refractivity contribution in [1.82, 2.24) is 10.7 Å². The van der Waals surface area contributed by atoms with E-state index in [9.17, 15) is 9.59 Å². The number of carbonyl (C=O) groups excluding carboxylic acids is 2. The minimum Gasteiger partial charge on any atom is -0.311 e. The smallest absolute Gasteiger partial charge is 0.244 e. The predicted molar refractivity (Wildman–Crippen MR) is 61.5 cm³/mol. The van der Waals surface area contributed by atoms with E-state index in [1.807, 2.05) is 12.3 Å². The molecule has 15 heavy (non-hydrogen) atoms. The number of hydrogen-bond acceptors (Lipinski definition) is 4. The molecule has 6 heteroatoms. The number of rotatable bonds is 6. The summed E-state index contributed by atoms with van der Waals surface area (Å²) in [6.45, 7) is 3.54. The molecule has 0 heterocycles. The Kier molecular flexibility index (Phi) is 8.27. The summed E-state index contributed by atoms with van der Waals surface area (Å²) in [6.07, 6.45) is 1.21. The lowest BCUT2D eigenvalue weighted by Gasteiger charge is -2.17. The summed E-state index contributed by atoms with van der Waals surface area (Å²) >= 11 is 0. The van der Waals surface area contributed by atoms with Crippen molar-refractivity contribution in [3.8, 4) is 0 Å². The summed E-state index contributed by atoms with van der Waals surface area (Å²) in [5, 5.41) is 2.66. The topological polar surface area (TPSA) is 84.2 Å². The molecule has 0 aromatic heterocycles. The first-order chi connectivity index (χ1) is 7.08. The number of hydrazine groups is 1. The fourth-order valence-corrected chi connectivity index (χ4v) is 1.19. The van der Waals surface area contributed by atoms with Crippen molar-refractivity contribution >= 4 is 24.1 Å². The third-order valence-corrected chi connectivity index (χ3v) is 2.11. The molecule has 0 aliphatic carbocycles. The average Bonchev–Trinajstić information content (AvgIpc) is 2.24. The lowest BCUT2D eigenvalue weighted by atomic mass is 9.94. The van der Waals surface area contributed by atoms with Gasteiger partial charge in [-0.05, 0) is 20.4 Å². The van der Waals surface area contributed by atoms with Crippen molar-refractivity contribution in [2.24, 2.45) is 11.8 Å². The second kappa shape index (κ2) is 8.64. The number of Topliss-reactive ketones (excluding diaryl/α,β-unsaturated/α-hetero) is 1. The minimum absolute atomic E-state index is 0. The second-order valence-electron chi connectivity index (χ2n) is 3.18. The number of nitrogens with two attached hydrogens (primary N) is 1. The lowest BCUT2D eigenvalue weighted by molar-refractivity contribution is -0.135. The number of nitrogens with one attached hydrogen (secondary N) is 2. The van der Waals surface area contributed by atoms with Gasteiger partial charge in [-0.3, -0.25) is 15.0 Å². The van der Waals surface area contributed by atoms with Crippen LogP contribution in [0.3, 0.4) is 0 Å². The summed E-state index contributed by atoms with van der Waals surface area (Å²) in [5.41, 5.74) is 1.99. The normalized spacial score (nSPS) is 14.5. The van der Waals surface area contributed by atoms with Crippen LogP contribution in [0.25, 0.3) is 0 Å². The molecule has 90 valence electrons. The monoisotopic (exact) mass is 238 g/mol. The van der Waals surface area contributed by atoms with Crippen molar-refractivity contribution in [2.75, 3.05) is 7.02 Å². The van der Waals surface area contributed by atoms with E-state index in [0.717, 1.165) is 6.42 Å². The Morgan fingerprint density at radius 2 is 2.13 bits per heavy atom. The van der Waals surface area contributed by atoms with E-state index in [1.165, 1.54) is 0 Å². The summed E-state index contributed by atoms with van der Waals surface area (Å²) in [6, 6.07) is -0.489. The number of hydrogen-bond donors (Lipinski definition) is 3. The maximum absolute atomic E-state index is 11.8. The van der Waals surface area contributed by atoms with Gasteiger partial charge >= 0.3 is 0 Å². The Morgan fingerprint density at radius 1 is 1.53 bits per heavy atom. The van der Waals surface area contributed by atoms with Crippen molar-refractivity contribution < 1.29 is 11.0 Å². The van der Waals surface area contributed by atoms with Crippen LogP contribution < -0.4 is 16.6 Å². The zero-order valence-electron chi connectivity index (χ0n) is 10.1. The zero-order chi connectivity index (χ0) is 11.8. The molecule has 1 unspecified atom stereocenters. The maximum atomic E-state index is 11.8. The van der Waals surface area contributed by atoms with Crippen LogP contribution in [-0.4, -0.2) is 24.8 Å². The molecule has 0 rings (SSSR count). The standard InChI is InChI=1S/C9H19N3O2.ClH/c1-4-5-7(9(14)12-10)8(13)6(2)11-3;/h6-7,11H,4-5,10H2,1-3H3,(H,12,14);1H/t6-,7?;/m0./s1/i3D;. The molecule has 5 nitrogen and oxygen atoms in total. The van der Waals surface area contributed by atoms with Crippen LogP contribution in [0.1, 0.15) is 28.1 Å². The molecule has 1 amide bonds. The molecule has 0 aliphatic heterocycles. The Labute approximate surface area is 97.9 Å². The molecule has 0 radical (unpaired) electrons. The molecule has 0 bridgehead atoms. The van der Waals surface area contributed by atoms with Gasteiger partial charge in [0, 0.05) is 1.37 Å². The summed E-state index contributed by atoms with van der Waals surface area (Å²) in [4.78, 5) is 23.1. The van der Waals surface area contributed by atoms with Gasteiger partial charge in [-0.15, -0.1) is 12.4 Å². The summed E-state index contributed by atoms with van der Waals surface area (Å²) in [7, 11) is -0.0456. The highest BCUT2D eigenvalue weighted by Crippen LogP contribution is 2.10. The molecule has 0 aromatic rings. The summed E-state index contributed by atoms with van der Waals surface area (Å²) in [5.74, 6) is 3.62. The number of amides is 1. The molecule has 0 aliphatic rings. The van der Waals surface area contributed by atoms with Gasteiger partial charge in [-0.1, -0.05) is 13.3 Å². The van der Waals surface area contributed by atoms with Gasteiger partial charge < -0.3 is 5.32 Å². The number of carbonyl (C=O) groups is 2. The van der Waals surface area contributed by atoms with Gasteiger partial charge in [0.25, 0.3) is 0 Å². The van der Waals surface area contributed by atoms with Gasteiger partial charge in [0.1, 0.15) is 0 Å². The molecule has 0 fully saturated rings. The van der Waals surface area contributed by atoms with Gasteiger partial charge in [-0.2, -0.15) is 0 Å². The van der Waals surface area contributed by atoms with Crippen LogP contribution in [0.5, 0.6) is 0 Å². The molecule has 2 atom stereocenters. The van der Waals surface area contributed by atoms with Gasteiger partial charge in [0.15, 0.2) is 5.78 Å². The molecule has 0 aromatic carbocycles. The molecule has 0 spiro atoms. The van der Waals surface area contributed by atoms with E-state index in [-0.39, 0.29) is 25.2 Å². The summed E-state index contributed by atoms with van der Waals surface area (Å²) < 4.78 is 6.93. The number of halogens is 1. The Hall–Kier alpha value is -0.650. The first-order valence-electron chi connectivity index (χ1n) is 5.35. The first-order valence-corrected chi connectivity index (χ1v) is 4.65. The highest BCUT2D eigenvalue weighted by Gasteiger charge is 2.27. The van der Waals surface area contributed by atoms with Crippen LogP contribution in [0, 0.1) is 5.92 Å². The number of likely N-dealkylation sites (N-methyl/N-ethyl adjacent to an activating group) is 1. The zero-order valence-corrected chi connectivity index (χ0v) is 9.89. The quantitative estimate of drug-likeness (QED) is 0.263. The van der Waals surface area contributed by atoms with Crippen molar-refractivity contribution in [2.45, 2.75) is 32.7 Å². The van der Waals surface area contributed by atoms with Crippen LogP contribution in [-0.2, 0) is 9.59 Å². The van der Waals surface area contributed by atoms with Crippen LogP contribution in [0.2, 0.25) is 0 Å². The fourth-order valence-electron chi connectivity index (χ4n) is 1.19. The highest BCUT2D eigenvalue weighted by atomic mass is 35.5. The lowest BCUT2D eigenvalue weighted by Crippen LogP contribution is -2.45. The predicted octanol–water partition coefficient (Wildman–Crippen LogP) is -0.00860. The fraction of sp³-hybridized carbons (Fsp3) is 0.778. The van der Waals surface area contributed by atoms with Crippen LogP contribution >= 0.6 is 12.4 Å². The SMILES string of the molecule is Cl.[2H]CN[C@@H](C)C(=O)C(CCC)C(=O)NN. The minimum atomic E-state index is -0.714. The van der Waals surface area contributed by atoms with E-state index < -0.39 is 17.9 Å². The Morgan fingerprint density at radius 3 is 2.53 bits per heavy atom. The van der Waals surface area contributed by atoms with E-state index in [1.54, 1.807) is 6.92 Å². The Bertz CT molecular complexity index is 229. The van der Waals surface area contributed by atoms with Crippen molar-refractivity contribution in [1.29, 1.82) is 0 Å². The first kappa shape index (κ1) is 14.3. The van der Waals surface area contributed by atoms with E-state index in [0.29, 0.717) is 6.42 Å². The maximum Gasteiger partial charge on any atom is 0.244 e.